The number of rotatable bonds is 4. The van der Waals surface area contributed by atoms with E-state index in [0.717, 1.165) is 4.47 Å². The minimum absolute atomic E-state index is 0.0563. The van der Waals surface area contributed by atoms with Crippen LogP contribution in [0.2, 0.25) is 0 Å². The molecule has 5 heteroatoms. The standard InChI is InChI=1S/C14H12BrF2NO/c15-11-4-5-12(16)10(6-11)8-19-14-9(7-18)2-1-3-13(14)17/h1-6H,7-8,18H2. The fourth-order valence-electron chi connectivity index (χ4n) is 1.68. The van der Waals surface area contributed by atoms with Crippen LogP contribution in [-0.2, 0) is 13.2 Å². The van der Waals surface area contributed by atoms with Gasteiger partial charge in [-0.3, -0.25) is 0 Å². The van der Waals surface area contributed by atoms with Crippen molar-refractivity contribution < 1.29 is 13.5 Å². The third-order valence-corrected chi connectivity index (χ3v) is 3.14. The van der Waals surface area contributed by atoms with Crippen LogP contribution in [0.1, 0.15) is 11.1 Å². The minimum atomic E-state index is -0.502. The monoisotopic (exact) mass is 327 g/mol. The first-order valence-corrected chi connectivity index (χ1v) is 6.45. The van der Waals surface area contributed by atoms with Gasteiger partial charge in [-0.2, -0.15) is 0 Å². The van der Waals surface area contributed by atoms with Gasteiger partial charge in [0, 0.05) is 22.1 Å². The fourth-order valence-corrected chi connectivity index (χ4v) is 2.09. The average molecular weight is 328 g/mol. The molecule has 0 unspecified atom stereocenters. The number of hydrogen-bond acceptors (Lipinski definition) is 2. The summed E-state index contributed by atoms with van der Waals surface area (Å²) in [6.07, 6.45) is 0. The highest BCUT2D eigenvalue weighted by atomic mass is 79.9. The van der Waals surface area contributed by atoms with Gasteiger partial charge >= 0.3 is 0 Å². The number of para-hydroxylation sites is 1. The Labute approximate surface area is 118 Å². The maximum Gasteiger partial charge on any atom is 0.165 e. The molecule has 0 bridgehead atoms. The van der Waals surface area contributed by atoms with Gasteiger partial charge in [-0.15, -0.1) is 0 Å². The largest absolute Gasteiger partial charge is 0.485 e. The molecule has 2 rings (SSSR count). The lowest BCUT2D eigenvalue weighted by molar-refractivity contribution is 0.281. The predicted molar refractivity (Wildman–Crippen MR) is 72.7 cm³/mol. The van der Waals surface area contributed by atoms with Gasteiger partial charge in [-0.05, 0) is 24.3 Å². The number of nitrogens with two attached hydrogens (primary N) is 1. The van der Waals surface area contributed by atoms with E-state index in [1.54, 1.807) is 24.3 Å². The summed E-state index contributed by atoms with van der Waals surface area (Å²) in [4.78, 5) is 0. The molecule has 0 spiro atoms. The van der Waals surface area contributed by atoms with E-state index >= 15 is 0 Å². The Balaban J connectivity index is 2.21. The first kappa shape index (κ1) is 14.0. The lowest BCUT2D eigenvalue weighted by Gasteiger charge is -2.12. The molecule has 19 heavy (non-hydrogen) atoms. The van der Waals surface area contributed by atoms with Crippen LogP contribution in [0.5, 0.6) is 5.75 Å². The molecule has 0 atom stereocenters. The molecule has 0 aliphatic heterocycles. The van der Waals surface area contributed by atoms with Crippen molar-refractivity contribution in [2.45, 2.75) is 13.2 Å². The van der Waals surface area contributed by atoms with Crippen molar-refractivity contribution in [3.8, 4) is 5.75 Å². The molecular formula is C14H12BrF2NO. The topological polar surface area (TPSA) is 35.2 Å². The second-order valence-electron chi connectivity index (χ2n) is 3.96. The second kappa shape index (κ2) is 6.12. The van der Waals surface area contributed by atoms with Gasteiger partial charge in [0.25, 0.3) is 0 Å². The van der Waals surface area contributed by atoms with Crippen LogP contribution < -0.4 is 10.5 Å². The molecule has 0 amide bonds. The van der Waals surface area contributed by atoms with E-state index in [0.29, 0.717) is 11.1 Å². The highest BCUT2D eigenvalue weighted by Gasteiger charge is 2.10. The van der Waals surface area contributed by atoms with Gasteiger partial charge in [-0.1, -0.05) is 28.1 Å². The molecule has 0 radical (unpaired) electrons. The van der Waals surface area contributed by atoms with Crippen LogP contribution >= 0.6 is 15.9 Å². The predicted octanol–water partition coefficient (Wildman–Crippen LogP) is 3.77. The van der Waals surface area contributed by atoms with Crippen LogP contribution in [0.25, 0.3) is 0 Å². The molecule has 0 aliphatic carbocycles. The summed E-state index contributed by atoms with van der Waals surface area (Å²) in [5.74, 6) is -0.823. The average Bonchev–Trinajstić information content (AvgIpc) is 2.40. The van der Waals surface area contributed by atoms with Crippen LogP contribution in [0.3, 0.4) is 0 Å². The maximum absolute atomic E-state index is 13.6. The van der Waals surface area contributed by atoms with Gasteiger partial charge in [0.1, 0.15) is 12.4 Å². The number of hydrogen-bond donors (Lipinski definition) is 1. The summed E-state index contributed by atoms with van der Waals surface area (Å²) in [6.45, 7) is 0.104. The van der Waals surface area contributed by atoms with Crippen molar-refractivity contribution >= 4 is 15.9 Å². The van der Waals surface area contributed by atoms with E-state index in [1.165, 1.54) is 12.1 Å². The molecular weight excluding hydrogens is 316 g/mol. The van der Waals surface area contributed by atoms with E-state index in [9.17, 15) is 8.78 Å². The fraction of sp³-hybridized carbons (Fsp3) is 0.143. The number of ether oxygens (including phenoxy) is 1. The van der Waals surface area contributed by atoms with E-state index in [4.69, 9.17) is 10.5 Å². The maximum atomic E-state index is 13.6. The molecule has 100 valence electrons. The summed E-state index contributed by atoms with van der Waals surface area (Å²) in [5, 5.41) is 0. The van der Waals surface area contributed by atoms with E-state index in [1.807, 2.05) is 0 Å². The van der Waals surface area contributed by atoms with Crippen LogP contribution in [0.15, 0.2) is 40.9 Å². The molecule has 0 saturated heterocycles. The van der Waals surface area contributed by atoms with Crippen molar-refractivity contribution in [1.82, 2.24) is 0 Å². The van der Waals surface area contributed by atoms with Crippen LogP contribution in [0, 0.1) is 11.6 Å². The third-order valence-electron chi connectivity index (χ3n) is 2.65. The smallest absolute Gasteiger partial charge is 0.165 e. The molecule has 2 nitrogen and oxygen atoms in total. The van der Waals surface area contributed by atoms with Gasteiger partial charge in [0.15, 0.2) is 11.6 Å². The molecule has 0 fully saturated rings. The van der Waals surface area contributed by atoms with Gasteiger partial charge < -0.3 is 10.5 Å². The third kappa shape index (κ3) is 3.30. The zero-order chi connectivity index (χ0) is 13.8. The lowest BCUT2D eigenvalue weighted by Crippen LogP contribution is -2.05. The first-order valence-electron chi connectivity index (χ1n) is 5.66. The molecule has 0 aliphatic rings. The number of benzene rings is 2. The van der Waals surface area contributed by atoms with Gasteiger partial charge in [0.2, 0.25) is 0 Å². The Morgan fingerprint density at radius 1 is 1.05 bits per heavy atom. The molecule has 0 aromatic heterocycles. The summed E-state index contributed by atoms with van der Waals surface area (Å²) in [7, 11) is 0. The van der Waals surface area contributed by atoms with E-state index < -0.39 is 11.6 Å². The summed E-state index contributed by atoms with van der Waals surface area (Å²) in [5.41, 5.74) is 6.41. The molecule has 2 aromatic carbocycles. The molecule has 0 heterocycles. The summed E-state index contributed by atoms with van der Waals surface area (Å²) < 4.78 is 33.3. The van der Waals surface area contributed by atoms with Crippen molar-refractivity contribution in [2.75, 3.05) is 0 Å². The zero-order valence-electron chi connectivity index (χ0n) is 10.00. The normalized spacial score (nSPS) is 10.5. The van der Waals surface area contributed by atoms with E-state index in [2.05, 4.69) is 15.9 Å². The molecule has 2 aromatic rings. The summed E-state index contributed by atoms with van der Waals surface area (Å²) in [6, 6.07) is 9.03. The second-order valence-corrected chi connectivity index (χ2v) is 4.87. The Bertz CT molecular complexity index is 590. The van der Waals surface area contributed by atoms with Gasteiger partial charge in [0.05, 0.1) is 0 Å². The Morgan fingerprint density at radius 3 is 2.58 bits per heavy atom. The van der Waals surface area contributed by atoms with Crippen LogP contribution in [-0.4, -0.2) is 0 Å². The first-order chi connectivity index (χ1) is 9.11. The SMILES string of the molecule is NCc1cccc(F)c1OCc1cc(Br)ccc1F. The Morgan fingerprint density at radius 2 is 1.84 bits per heavy atom. The number of halogens is 3. The van der Waals surface area contributed by atoms with E-state index in [-0.39, 0.29) is 18.9 Å². The van der Waals surface area contributed by atoms with Crippen molar-refractivity contribution in [1.29, 1.82) is 0 Å². The quantitative estimate of drug-likeness (QED) is 0.927. The highest BCUT2D eigenvalue weighted by molar-refractivity contribution is 9.10. The zero-order valence-corrected chi connectivity index (χ0v) is 11.6. The van der Waals surface area contributed by atoms with Crippen LogP contribution in [0.4, 0.5) is 8.78 Å². The van der Waals surface area contributed by atoms with Crippen molar-refractivity contribution in [3.63, 3.8) is 0 Å². The van der Waals surface area contributed by atoms with Gasteiger partial charge in [-0.25, -0.2) is 8.78 Å². The Hall–Kier alpha value is -1.46. The van der Waals surface area contributed by atoms with Crippen molar-refractivity contribution in [3.05, 3.63) is 63.6 Å². The molecule has 0 saturated carbocycles. The Kier molecular flexibility index (Phi) is 4.50. The molecule has 2 N–H and O–H groups in total. The minimum Gasteiger partial charge on any atom is -0.485 e. The highest BCUT2D eigenvalue weighted by Crippen LogP contribution is 2.24. The lowest BCUT2D eigenvalue weighted by atomic mass is 10.2. The summed E-state index contributed by atoms with van der Waals surface area (Å²) >= 11 is 3.25. The van der Waals surface area contributed by atoms with Crippen molar-refractivity contribution in [2.24, 2.45) is 5.73 Å².